The summed E-state index contributed by atoms with van der Waals surface area (Å²) in [6.07, 6.45) is -4.10. The van der Waals surface area contributed by atoms with Gasteiger partial charge in [-0.1, -0.05) is 11.3 Å². The van der Waals surface area contributed by atoms with Gasteiger partial charge in [-0.25, -0.2) is 4.79 Å². The van der Waals surface area contributed by atoms with Crippen molar-refractivity contribution in [1.29, 1.82) is 0 Å². The van der Waals surface area contributed by atoms with Crippen LogP contribution in [0.15, 0.2) is 0 Å². The maximum atomic E-state index is 12.2. The van der Waals surface area contributed by atoms with E-state index < -0.39 is 23.3 Å². The summed E-state index contributed by atoms with van der Waals surface area (Å²) >= 11 is 0.253. The fourth-order valence-electron chi connectivity index (χ4n) is 1.41. The first-order valence-corrected chi connectivity index (χ1v) is 5.82. The van der Waals surface area contributed by atoms with Gasteiger partial charge in [-0.15, -0.1) is 10.2 Å². The Kier molecular flexibility index (Phi) is 3.39. The van der Waals surface area contributed by atoms with E-state index in [4.69, 9.17) is 5.11 Å². The molecule has 0 aliphatic heterocycles. The molecule has 0 spiro atoms. The predicted octanol–water partition coefficient (Wildman–Crippen LogP) is 1.20. The van der Waals surface area contributed by atoms with Crippen LogP contribution < -0.4 is 10.6 Å². The molecule has 1 aromatic rings. The smallest absolute Gasteiger partial charge is 0.393 e. The largest absolute Gasteiger partial charge is 0.445 e. The van der Waals surface area contributed by atoms with Crippen LogP contribution in [0.1, 0.15) is 17.8 Å². The van der Waals surface area contributed by atoms with Gasteiger partial charge in [0.1, 0.15) is 0 Å². The third kappa shape index (κ3) is 3.07. The van der Waals surface area contributed by atoms with E-state index in [1.807, 2.05) is 0 Å². The summed E-state index contributed by atoms with van der Waals surface area (Å²) in [7, 11) is 0. The molecular weight excluding hydrogens is 273 g/mol. The zero-order chi connectivity index (χ0) is 13.3. The van der Waals surface area contributed by atoms with Crippen LogP contribution in [0.4, 0.5) is 23.1 Å². The molecule has 100 valence electrons. The fourth-order valence-corrected chi connectivity index (χ4v) is 2.02. The Morgan fingerprint density at radius 3 is 2.56 bits per heavy atom. The van der Waals surface area contributed by atoms with Crippen LogP contribution in [-0.4, -0.2) is 33.5 Å². The molecule has 2 rings (SSSR count). The number of alkyl halides is 3. The van der Waals surface area contributed by atoms with Crippen molar-refractivity contribution in [3.8, 4) is 0 Å². The summed E-state index contributed by atoms with van der Waals surface area (Å²) in [6.45, 7) is 0. The maximum Gasteiger partial charge on any atom is 0.445 e. The van der Waals surface area contributed by atoms with Gasteiger partial charge >= 0.3 is 12.2 Å². The SMILES string of the molecule is O=C(Nc1nnc(C(F)(F)F)s1)NC1CC(O)C1. The molecule has 0 unspecified atom stereocenters. The summed E-state index contributed by atoms with van der Waals surface area (Å²) in [6, 6.07) is -0.813. The van der Waals surface area contributed by atoms with Gasteiger partial charge in [0.25, 0.3) is 0 Å². The number of urea groups is 1. The highest BCUT2D eigenvalue weighted by Crippen LogP contribution is 2.32. The Morgan fingerprint density at radius 1 is 1.39 bits per heavy atom. The van der Waals surface area contributed by atoms with Gasteiger partial charge in [0.15, 0.2) is 0 Å². The minimum Gasteiger partial charge on any atom is -0.393 e. The minimum atomic E-state index is -4.56. The number of anilines is 1. The summed E-state index contributed by atoms with van der Waals surface area (Å²) in [5, 5.41) is 18.5. The number of aliphatic hydroxyl groups excluding tert-OH is 1. The second-order valence-corrected chi connectivity index (χ2v) is 4.81. The predicted molar refractivity (Wildman–Crippen MR) is 56.1 cm³/mol. The quantitative estimate of drug-likeness (QED) is 0.760. The van der Waals surface area contributed by atoms with E-state index in [1.54, 1.807) is 0 Å². The van der Waals surface area contributed by atoms with Gasteiger partial charge in [-0.05, 0) is 12.8 Å². The van der Waals surface area contributed by atoms with E-state index in [0.717, 1.165) is 0 Å². The first kappa shape index (κ1) is 13.0. The second-order valence-electron chi connectivity index (χ2n) is 3.83. The average Bonchev–Trinajstić information content (AvgIpc) is 2.63. The summed E-state index contributed by atoms with van der Waals surface area (Å²) in [5.74, 6) is 0. The number of aromatic nitrogens is 2. The van der Waals surface area contributed by atoms with Gasteiger partial charge in [0.2, 0.25) is 10.1 Å². The molecule has 0 radical (unpaired) electrons. The van der Waals surface area contributed by atoms with E-state index in [1.165, 1.54) is 0 Å². The third-order valence-electron chi connectivity index (χ3n) is 2.34. The molecular formula is C8H9F3N4O2S. The van der Waals surface area contributed by atoms with E-state index in [2.05, 4.69) is 20.8 Å². The summed E-state index contributed by atoms with van der Waals surface area (Å²) in [5.41, 5.74) is 0. The molecule has 0 aromatic carbocycles. The molecule has 6 nitrogen and oxygen atoms in total. The first-order valence-electron chi connectivity index (χ1n) is 5.01. The van der Waals surface area contributed by atoms with Crippen molar-refractivity contribution in [2.24, 2.45) is 0 Å². The van der Waals surface area contributed by atoms with Gasteiger partial charge in [0, 0.05) is 6.04 Å². The molecule has 1 saturated carbocycles. The number of nitrogens with zero attached hydrogens (tertiary/aromatic N) is 2. The molecule has 0 saturated heterocycles. The molecule has 1 fully saturated rings. The lowest BCUT2D eigenvalue weighted by Gasteiger charge is -2.31. The zero-order valence-electron chi connectivity index (χ0n) is 8.86. The lowest BCUT2D eigenvalue weighted by Crippen LogP contribution is -2.48. The number of rotatable bonds is 2. The van der Waals surface area contributed by atoms with Crippen molar-refractivity contribution in [2.45, 2.75) is 31.2 Å². The lowest BCUT2D eigenvalue weighted by atomic mass is 9.90. The second kappa shape index (κ2) is 4.69. The Morgan fingerprint density at radius 2 is 2.06 bits per heavy atom. The van der Waals surface area contributed by atoms with Crippen LogP contribution in [0.2, 0.25) is 0 Å². The number of carbonyl (C=O) groups is 1. The summed E-state index contributed by atoms with van der Waals surface area (Å²) < 4.78 is 36.6. The molecule has 1 aromatic heterocycles. The fraction of sp³-hybridized carbons (Fsp3) is 0.625. The van der Waals surface area contributed by atoms with Gasteiger partial charge < -0.3 is 10.4 Å². The van der Waals surface area contributed by atoms with Crippen LogP contribution in [0.3, 0.4) is 0 Å². The van der Waals surface area contributed by atoms with Crippen molar-refractivity contribution in [3.63, 3.8) is 0 Å². The highest BCUT2D eigenvalue weighted by Gasteiger charge is 2.36. The van der Waals surface area contributed by atoms with Crippen LogP contribution in [0, 0.1) is 0 Å². The summed E-state index contributed by atoms with van der Waals surface area (Å²) in [4.78, 5) is 11.3. The van der Waals surface area contributed by atoms with Gasteiger partial charge in [-0.3, -0.25) is 5.32 Å². The normalized spacial score (nSPS) is 23.3. The number of carbonyl (C=O) groups excluding carboxylic acids is 1. The third-order valence-corrected chi connectivity index (χ3v) is 3.22. The monoisotopic (exact) mass is 282 g/mol. The van der Waals surface area contributed by atoms with Crippen molar-refractivity contribution in [2.75, 3.05) is 5.32 Å². The Balaban J connectivity index is 1.85. The van der Waals surface area contributed by atoms with E-state index in [0.29, 0.717) is 12.8 Å². The van der Waals surface area contributed by atoms with Crippen LogP contribution >= 0.6 is 11.3 Å². The number of hydrogen-bond acceptors (Lipinski definition) is 5. The van der Waals surface area contributed by atoms with Gasteiger partial charge in [0.05, 0.1) is 6.10 Å². The Hall–Kier alpha value is -1.42. The molecule has 3 N–H and O–H groups in total. The topological polar surface area (TPSA) is 87.1 Å². The average molecular weight is 282 g/mol. The number of halogens is 3. The number of aliphatic hydroxyl groups is 1. The van der Waals surface area contributed by atoms with E-state index >= 15 is 0 Å². The standard InChI is InChI=1S/C8H9F3N4O2S/c9-8(10,11)5-14-15-7(18-5)13-6(17)12-3-1-4(16)2-3/h3-4,16H,1-2H2,(H2,12,13,15,17). The number of nitrogens with one attached hydrogen (secondary N) is 2. The van der Waals surface area contributed by atoms with Crippen molar-refractivity contribution in [3.05, 3.63) is 5.01 Å². The molecule has 1 aliphatic carbocycles. The molecule has 10 heteroatoms. The highest BCUT2D eigenvalue weighted by atomic mass is 32.1. The lowest BCUT2D eigenvalue weighted by molar-refractivity contribution is -0.138. The first-order chi connectivity index (χ1) is 8.34. The van der Waals surface area contributed by atoms with Crippen molar-refractivity contribution < 1.29 is 23.1 Å². The highest BCUT2D eigenvalue weighted by molar-refractivity contribution is 7.15. The van der Waals surface area contributed by atoms with E-state index in [-0.39, 0.29) is 22.5 Å². The van der Waals surface area contributed by atoms with Crippen LogP contribution in [0.25, 0.3) is 0 Å². The van der Waals surface area contributed by atoms with Crippen LogP contribution in [-0.2, 0) is 6.18 Å². The van der Waals surface area contributed by atoms with Crippen molar-refractivity contribution >= 4 is 22.5 Å². The molecule has 18 heavy (non-hydrogen) atoms. The van der Waals surface area contributed by atoms with Crippen molar-refractivity contribution in [1.82, 2.24) is 15.5 Å². The van der Waals surface area contributed by atoms with Gasteiger partial charge in [-0.2, -0.15) is 13.2 Å². The molecule has 0 bridgehead atoms. The Labute approximate surface area is 103 Å². The molecule has 2 amide bonds. The molecule has 1 aliphatic rings. The number of amides is 2. The van der Waals surface area contributed by atoms with E-state index in [9.17, 15) is 18.0 Å². The minimum absolute atomic E-state index is 0.157. The Bertz CT molecular complexity index is 444. The number of hydrogen-bond donors (Lipinski definition) is 3. The zero-order valence-corrected chi connectivity index (χ0v) is 9.68. The molecule has 1 heterocycles. The molecule has 0 atom stereocenters. The van der Waals surface area contributed by atoms with Crippen LogP contribution in [0.5, 0.6) is 0 Å². The maximum absolute atomic E-state index is 12.2.